The van der Waals surface area contributed by atoms with Crippen LogP contribution in [0.3, 0.4) is 0 Å². The highest BCUT2D eigenvalue weighted by molar-refractivity contribution is 5.81. The van der Waals surface area contributed by atoms with E-state index >= 15 is 0 Å². The Morgan fingerprint density at radius 3 is 2.72 bits per heavy atom. The van der Waals surface area contributed by atoms with Crippen LogP contribution >= 0.6 is 0 Å². The number of pyridine rings is 1. The van der Waals surface area contributed by atoms with Crippen molar-refractivity contribution in [2.24, 2.45) is 0 Å². The number of aromatic nitrogens is 2. The Morgan fingerprint density at radius 2 is 2.06 bits per heavy atom. The topological polar surface area (TPSA) is 54.6 Å². The van der Waals surface area contributed by atoms with Gasteiger partial charge in [0.2, 0.25) is 0 Å². The van der Waals surface area contributed by atoms with E-state index in [0.717, 1.165) is 24.9 Å². The number of fused-ring (bicyclic) bond motifs is 1. The van der Waals surface area contributed by atoms with Crippen LogP contribution in [0, 0.1) is 0 Å². The molecule has 2 heterocycles. The molecule has 0 unspecified atom stereocenters. The van der Waals surface area contributed by atoms with Crippen molar-refractivity contribution in [2.45, 2.75) is 37.5 Å². The highest BCUT2D eigenvalue weighted by Gasteiger charge is 2.43. The maximum atomic E-state index is 11.7. The van der Waals surface area contributed by atoms with Crippen molar-refractivity contribution >= 4 is 11.6 Å². The van der Waals surface area contributed by atoms with E-state index < -0.39 is 11.4 Å². The van der Waals surface area contributed by atoms with Crippen molar-refractivity contribution in [3.63, 3.8) is 0 Å². The van der Waals surface area contributed by atoms with Crippen molar-refractivity contribution in [3.05, 3.63) is 36.3 Å². The van der Waals surface area contributed by atoms with Gasteiger partial charge in [-0.3, -0.25) is 4.79 Å². The molecule has 4 nitrogen and oxygen atoms in total. The second-order valence-corrected chi connectivity index (χ2v) is 5.04. The highest BCUT2D eigenvalue weighted by atomic mass is 16.4. The second kappa shape index (κ2) is 4.12. The van der Waals surface area contributed by atoms with E-state index in [0.29, 0.717) is 18.5 Å². The van der Waals surface area contributed by atoms with Gasteiger partial charge in [-0.05, 0) is 25.0 Å². The first-order chi connectivity index (χ1) is 8.72. The summed E-state index contributed by atoms with van der Waals surface area (Å²) in [7, 11) is 0. The molecular formula is C14H16N2O2. The molecule has 94 valence electrons. The molecule has 0 aromatic carbocycles. The second-order valence-electron chi connectivity index (χ2n) is 5.04. The lowest BCUT2D eigenvalue weighted by Gasteiger charge is -2.31. The lowest BCUT2D eigenvalue weighted by Crippen LogP contribution is -2.38. The van der Waals surface area contributed by atoms with Crippen LogP contribution in [0.25, 0.3) is 5.65 Å². The summed E-state index contributed by atoms with van der Waals surface area (Å²) in [5, 5.41) is 9.62. The number of imidazole rings is 1. The summed E-state index contributed by atoms with van der Waals surface area (Å²) in [5.41, 5.74) is 0.754. The number of aliphatic carboxylic acids is 1. The van der Waals surface area contributed by atoms with Gasteiger partial charge in [0.05, 0.1) is 5.69 Å². The summed E-state index contributed by atoms with van der Waals surface area (Å²) in [6.07, 6.45) is 8.25. The van der Waals surface area contributed by atoms with Gasteiger partial charge in [0.1, 0.15) is 11.1 Å². The number of carboxylic acid groups (broad SMARTS) is 1. The molecule has 2 aromatic rings. The van der Waals surface area contributed by atoms with Gasteiger partial charge >= 0.3 is 5.97 Å². The van der Waals surface area contributed by atoms with Crippen molar-refractivity contribution in [1.82, 2.24) is 9.38 Å². The normalized spacial score (nSPS) is 18.9. The van der Waals surface area contributed by atoms with E-state index in [-0.39, 0.29) is 0 Å². The third kappa shape index (κ3) is 1.60. The van der Waals surface area contributed by atoms with Crippen LogP contribution in [0.15, 0.2) is 30.6 Å². The van der Waals surface area contributed by atoms with E-state index in [1.165, 1.54) is 0 Å². The van der Waals surface area contributed by atoms with Crippen LogP contribution in [0.5, 0.6) is 0 Å². The fourth-order valence-electron chi connectivity index (χ4n) is 2.90. The van der Waals surface area contributed by atoms with Crippen LogP contribution in [0.2, 0.25) is 0 Å². The van der Waals surface area contributed by atoms with Crippen molar-refractivity contribution < 1.29 is 9.90 Å². The molecule has 0 aliphatic heterocycles. The molecule has 1 aliphatic rings. The molecule has 3 rings (SSSR count). The van der Waals surface area contributed by atoms with Crippen molar-refractivity contribution in [3.8, 4) is 0 Å². The van der Waals surface area contributed by atoms with Gasteiger partial charge in [-0.2, -0.15) is 0 Å². The Labute approximate surface area is 105 Å². The molecule has 1 aliphatic carbocycles. The molecule has 2 aromatic heterocycles. The maximum Gasteiger partial charge on any atom is 0.315 e. The highest BCUT2D eigenvalue weighted by Crippen LogP contribution is 2.39. The summed E-state index contributed by atoms with van der Waals surface area (Å²) >= 11 is 0. The molecule has 0 atom stereocenters. The predicted octanol–water partition coefficient (Wildman–Crippen LogP) is 2.62. The molecule has 0 radical (unpaired) electrons. The first-order valence-electron chi connectivity index (χ1n) is 6.40. The van der Waals surface area contributed by atoms with E-state index in [1.807, 2.05) is 35.0 Å². The molecule has 0 saturated heterocycles. The van der Waals surface area contributed by atoms with Crippen molar-refractivity contribution in [2.75, 3.05) is 0 Å². The maximum absolute atomic E-state index is 11.7. The van der Waals surface area contributed by atoms with Gasteiger partial charge in [0.15, 0.2) is 0 Å². The smallest absolute Gasteiger partial charge is 0.315 e. The average molecular weight is 244 g/mol. The van der Waals surface area contributed by atoms with Gasteiger partial charge in [-0.25, -0.2) is 4.98 Å². The van der Waals surface area contributed by atoms with E-state index in [9.17, 15) is 9.90 Å². The molecule has 0 bridgehead atoms. The Bertz CT molecular complexity index is 549. The quantitative estimate of drug-likeness (QED) is 0.883. The first kappa shape index (κ1) is 11.3. The minimum absolute atomic E-state index is 0.701. The Hall–Kier alpha value is -1.84. The molecular weight excluding hydrogens is 228 g/mol. The predicted molar refractivity (Wildman–Crippen MR) is 67.6 cm³/mol. The SMILES string of the molecule is O=C(O)C1(c2cn3ccccc3n2)CCCCC1. The molecule has 1 fully saturated rings. The van der Waals surface area contributed by atoms with Crippen LogP contribution < -0.4 is 0 Å². The van der Waals surface area contributed by atoms with Crippen molar-refractivity contribution in [1.29, 1.82) is 0 Å². The summed E-state index contributed by atoms with van der Waals surface area (Å²) in [6.45, 7) is 0. The summed E-state index contributed by atoms with van der Waals surface area (Å²) in [5.74, 6) is -0.731. The minimum Gasteiger partial charge on any atom is -0.481 e. The van der Waals surface area contributed by atoms with Gasteiger partial charge in [-0.1, -0.05) is 25.3 Å². The number of nitrogens with zero attached hydrogens (tertiary/aromatic N) is 2. The minimum atomic E-state index is -0.774. The van der Waals surface area contributed by atoms with Gasteiger partial charge in [-0.15, -0.1) is 0 Å². The number of carbonyl (C=O) groups is 1. The monoisotopic (exact) mass is 244 g/mol. The molecule has 18 heavy (non-hydrogen) atoms. The molecule has 4 heteroatoms. The molecule has 0 amide bonds. The Morgan fingerprint density at radius 1 is 1.28 bits per heavy atom. The third-order valence-electron chi connectivity index (χ3n) is 3.97. The third-order valence-corrected chi connectivity index (χ3v) is 3.97. The fourth-order valence-corrected chi connectivity index (χ4v) is 2.90. The van der Waals surface area contributed by atoms with Crippen LogP contribution in [0.4, 0.5) is 0 Å². The van der Waals surface area contributed by atoms with Crippen LogP contribution in [-0.4, -0.2) is 20.5 Å². The van der Waals surface area contributed by atoms with E-state index in [2.05, 4.69) is 4.98 Å². The standard InChI is InChI=1S/C14H16N2O2/c17-13(18)14(7-3-1-4-8-14)11-10-16-9-5-2-6-12(16)15-11/h2,5-6,9-10H,1,3-4,7-8H2,(H,17,18). The first-order valence-corrected chi connectivity index (χ1v) is 6.40. The number of rotatable bonds is 2. The lowest BCUT2D eigenvalue weighted by molar-refractivity contribution is -0.145. The van der Waals surface area contributed by atoms with E-state index in [1.54, 1.807) is 0 Å². The Balaban J connectivity index is 2.12. The van der Waals surface area contributed by atoms with E-state index in [4.69, 9.17) is 0 Å². The number of hydrogen-bond donors (Lipinski definition) is 1. The summed E-state index contributed by atoms with van der Waals surface area (Å²) < 4.78 is 1.90. The lowest BCUT2D eigenvalue weighted by atomic mass is 9.72. The number of hydrogen-bond acceptors (Lipinski definition) is 2. The summed E-state index contributed by atoms with van der Waals surface area (Å²) in [6, 6.07) is 5.75. The zero-order chi connectivity index (χ0) is 12.6. The molecule has 1 saturated carbocycles. The van der Waals surface area contributed by atoms with Crippen LogP contribution in [0.1, 0.15) is 37.8 Å². The molecule has 0 spiro atoms. The van der Waals surface area contributed by atoms with Gasteiger partial charge < -0.3 is 9.51 Å². The van der Waals surface area contributed by atoms with Crippen LogP contribution in [-0.2, 0) is 10.2 Å². The summed E-state index contributed by atoms with van der Waals surface area (Å²) in [4.78, 5) is 16.2. The number of carboxylic acids is 1. The zero-order valence-corrected chi connectivity index (χ0v) is 10.2. The Kier molecular flexibility index (Phi) is 2.58. The van der Waals surface area contributed by atoms with Gasteiger partial charge in [0, 0.05) is 12.4 Å². The average Bonchev–Trinajstić information content (AvgIpc) is 2.83. The molecule has 1 N–H and O–H groups in total. The fraction of sp³-hybridized carbons (Fsp3) is 0.429. The van der Waals surface area contributed by atoms with Gasteiger partial charge in [0.25, 0.3) is 0 Å². The largest absolute Gasteiger partial charge is 0.481 e. The zero-order valence-electron chi connectivity index (χ0n) is 10.2.